The molecule has 3 heteroatoms. The lowest BCUT2D eigenvalue weighted by molar-refractivity contribution is 0.465. The van der Waals surface area contributed by atoms with E-state index in [9.17, 15) is 9.50 Å². The van der Waals surface area contributed by atoms with E-state index in [-0.39, 0.29) is 17.6 Å². The zero-order chi connectivity index (χ0) is 14.0. The van der Waals surface area contributed by atoms with Gasteiger partial charge in [0.1, 0.15) is 11.6 Å². The van der Waals surface area contributed by atoms with E-state index in [2.05, 4.69) is 5.32 Å². The normalized spacial score (nSPS) is 12.2. The quantitative estimate of drug-likeness (QED) is 0.860. The second-order valence-corrected chi connectivity index (χ2v) is 4.91. The predicted molar refractivity (Wildman–Crippen MR) is 76.0 cm³/mol. The van der Waals surface area contributed by atoms with Gasteiger partial charge in [0.2, 0.25) is 0 Å². The summed E-state index contributed by atoms with van der Waals surface area (Å²) in [7, 11) is 0. The number of benzene rings is 2. The van der Waals surface area contributed by atoms with Crippen LogP contribution in [-0.2, 0) is 0 Å². The Morgan fingerprint density at radius 3 is 2.42 bits per heavy atom. The molecule has 0 heterocycles. The lowest BCUT2D eigenvalue weighted by Crippen LogP contribution is -2.08. The molecule has 1 unspecified atom stereocenters. The molecule has 0 radical (unpaired) electrons. The summed E-state index contributed by atoms with van der Waals surface area (Å²) in [5.41, 5.74) is 3.27. The number of halogens is 1. The fourth-order valence-corrected chi connectivity index (χ4v) is 2.08. The Hall–Kier alpha value is -2.03. The molecular formula is C16H18FNO. The molecule has 0 aliphatic rings. The van der Waals surface area contributed by atoms with Crippen LogP contribution in [0.5, 0.6) is 5.75 Å². The molecular weight excluding hydrogens is 241 g/mol. The summed E-state index contributed by atoms with van der Waals surface area (Å²) in [5, 5.41) is 13.0. The van der Waals surface area contributed by atoms with E-state index >= 15 is 0 Å². The average Bonchev–Trinajstić information content (AvgIpc) is 2.36. The Balaban J connectivity index is 2.27. The number of phenolic OH excluding ortho intramolecular Hbond substituents is 1. The molecule has 0 amide bonds. The van der Waals surface area contributed by atoms with E-state index in [4.69, 9.17) is 0 Å². The van der Waals surface area contributed by atoms with E-state index < -0.39 is 0 Å². The standard InChI is InChI=1S/C16H18FNO/c1-10-5-7-16(19)13(8-10)12(3)18-15-9-11(2)4-6-14(15)17/h4-9,12,18-19H,1-3H3. The molecule has 0 aliphatic heterocycles. The predicted octanol–water partition coefficient (Wildman–Crippen LogP) is 4.32. The molecule has 0 bridgehead atoms. The van der Waals surface area contributed by atoms with Gasteiger partial charge in [0.05, 0.1) is 11.7 Å². The third-order valence-electron chi connectivity index (χ3n) is 3.14. The zero-order valence-electron chi connectivity index (χ0n) is 11.4. The minimum Gasteiger partial charge on any atom is -0.508 e. The molecule has 1 atom stereocenters. The Morgan fingerprint density at radius 1 is 1.05 bits per heavy atom. The summed E-state index contributed by atoms with van der Waals surface area (Å²) in [5.74, 6) is -0.0664. The first kappa shape index (κ1) is 13.4. The van der Waals surface area contributed by atoms with Crippen LogP contribution in [0.2, 0.25) is 0 Å². The van der Waals surface area contributed by atoms with Gasteiger partial charge >= 0.3 is 0 Å². The maximum atomic E-state index is 13.7. The van der Waals surface area contributed by atoms with Crippen LogP contribution in [-0.4, -0.2) is 5.11 Å². The molecule has 19 heavy (non-hydrogen) atoms. The lowest BCUT2D eigenvalue weighted by atomic mass is 10.0. The summed E-state index contributed by atoms with van der Waals surface area (Å²) in [6.07, 6.45) is 0. The molecule has 0 aliphatic carbocycles. The number of hydrogen-bond donors (Lipinski definition) is 2. The van der Waals surface area contributed by atoms with Crippen LogP contribution >= 0.6 is 0 Å². The van der Waals surface area contributed by atoms with Gasteiger partial charge < -0.3 is 10.4 Å². The van der Waals surface area contributed by atoms with E-state index in [1.165, 1.54) is 6.07 Å². The van der Waals surface area contributed by atoms with Gasteiger partial charge in [0.15, 0.2) is 0 Å². The molecule has 2 aromatic rings. The first-order valence-corrected chi connectivity index (χ1v) is 6.29. The second-order valence-electron chi connectivity index (χ2n) is 4.91. The largest absolute Gasteiger partial charge is 0.508 e. The lowest BCUT2D eigenvalue weighted by Gasteiger charge is -2.18. The Bertz CT molecular complexity index is 595. The van der Waals surface area contributed by atoms with Crippen molar-refractivity contribution >= 4 is 5.69 Å². The topological polar surface area (TPSA) is 32.3 Å². The van der Waals surface area contributed by atoms with Crippen molar-refractivity contribution in [3.8, 4) is 5.75 Å². The Kier molecular flexibility index (Phi) is 3.74. The first-order chi connectivity index (χ1) is 8.97. The van der Waals surface area contributed by atoms with Crippen LogP contribution in [0.3, 0.4) is 0 Å². The summed E-state index contributed by atoms with van der Waals surface area (Å²) in [6, 6.07) is 10.2. The van der Waals surface area contributed by atoms with Gasteiger partial charge in [-0.15, -0.1) is 0 Å². The van der Waals surface area contributed by atoms with Gasteiger partial charge in [0.25, 0.3) is 0 Å². The molecule has 2 nitrogen and oxygen atoms in total. The number of hydrogen-bond acceptors (Lipinski definition) is 2. The number of phenols is 1. The van der Waals surface area contributed by atoms with Crippen molar-refractivity contribution in [1.82, 2.24) is 0 Å². The number of anilines is 1. The van der Waals surface area contributed by atoms with Crippen LogP contribution in [0.15, 0.2) is 36.4 Å². The first-order valence-electron chi connectivity index (χ1n) is 6.29. The minimum absolute atomic E-state index is 0.170. The molecule has 0 saturated heterocycles. The van der Waals surface area contributed by atoms with E-state index in [1.54, 1.807) is 18.2 Å². The molecule has 0 saturated carbocycles. The van der Waals surface area contributed by atoms with Gasteiger partial charge in [-0.3, -0.25) is 0 Å². The highest BCUT2D eigenvalue weighted by molar-refractivity contribution is 5.50. The van der Waals surface area contributed by atoms with Gasteiger partial charge in [-0.2, -0.15) is 0 Å². The van der Waals surface area contributed by atoms with Gasteiger partial charge in [-0.1, -0.05) is 23.8 Å². The van der Waals surface area contributed by atoms with Gasteiger partial charge in [-0.25, -0.2) is 4.39 Å². The summed E-state index contributed by atoms with van der Waals surface area (Å²) >= 11 is 0. The minimum atomic E-state index is -0.287. The van der Waals surface area contributed by atoms with Crippen molar-refractivity contribution < 1.29 is 9.50 Å². The smallest absolute Gasteiger partial charge is 0.146 e. The van der Waals surface area contributed by atoms with Crippen molar-refractivity contribution in [3.05, 3.63) is 58.9 Å². The molecule has 0 spiro atoms. The molecule has 2 aromatic carbocycles. The third kappa shape index (κ3) is 3.05. The van der Waals surface area contributed by atoms with Crippen molar-refractivity contribution in [3.63, 3.8) is 0 Å². The second kappa shape index (κ2) is 5.31. The van der Waals surface area contributed by atoms with Crippen molar-refractivity contribution in [2.75, 3.05) is 5.32 Å². The van der Waals surface area contributed by atoms with Gasteiger partial charge in [-0.05, 0) is 44.5 Å². The van der Waals surface area contributed by atoms with E-state index in [0.717, 1.165) is 16.7 Å². The Morgan fingerprint density at radius 2 is 1.68 bits per heavy atom. The molecule has 2 N–H and O–H groups in total. The fraction of sp³-hybridized carbons (Fsp3) is 0.250. The molecule has 100 valence electrons. The zero-order valence-corrected chi connectivity index (χ0v) is 11.4. The van der Waals surface area contributed by atoms with E-state index in [1.807, 2.05) is 32.9 Å². The maximum Gasteiger partial charge on any atom is 0.146 e. The highest BCUT2D eigenvalue weighted by atomic mass is 19.1. The number of rotatable bonds is 3. The Labute approximate surface area is 112 Å². The third-order valence-corrected chi connectivity index (χ3v) is 3.14. The number of aromatic hydroxyl groups is 1. The van der Waals surface area contributed by atoms with Crippen LogP contribution in [0.25, 0.3) is 0 Å². The van der Waals surface area contributed by atoms with Crippen molar-refractivity contribution in [1.29, 1.82) is 0 Å². The SMILES string of the molecule is Cc1ccc(F)c(NC(C)c2cc(C)ccc2O)c1. The highest BCUT2D eigenvalue weighted by Crippen LogP contribution is 2.29. The van der Waals surface area contributed by atoms with Crippen LogP contribution in [0.4, 0.5) is 10.1 Å². The number of nitrogens with one attached hydrogen (secondary N) is 1. The van der Waals surface area contributed by atoms with Crippen molar-refractivity contribution in [2.45, 2.75) is 26.8 Å². The van der Waals surface area contributed by atoms with Crippen LogP contribution in [0, 0.1) is 19.7 Å². The summed E-state index contributed by atoms with van der Waals surface area (Å²) in [6.45, 7) is 5.78. The van der Waals surface area contributed by atoms with Crippen LogP contribution in [0.1, 0.15) is 29.7 Å². The van der Waals surface area contributed by atoms with Crippen LogP contribution < -0.4 is 5.32 Å². The average molecular weight is 259 g/mol. The summed E-state index contributed by atoms with van der Waals surface area (Å²) < 4.78 is 13.7. The number of aryl methyl sites for hydroxylation is 2. The molecule has 0 aromatic heterocycles. The molecule has 2 rings (SSSR count). The highest BCUT2D eigenvalue weighted by Gasteiger charge is 2.12. The van der Waals surface area contributed by atoms with E-state index in [0.29, 0.717) is 5.69 Å². The summed E-state index contributed by atoms with van der Waals surface area (Å²) in [4.78, 5) is 0. The molecule has 0 fully saturated rings. The fourth-order valence-electron chi connectivity index (χ4n) is 2.08. The van der Waals surface area contributed by atoms with Gasteiger partial charge in [0, 0.05) is 5.56 Å². The monoisotopic (exact) mass is 259 g/mol. The van der Waals surface area contributed by atoms with Crippen molar-refractivity contribution in [2.24, 2.45) is 0 Å². The maximum absolute atomic E-state index is 13.7.